The van der Waals surface area contributed by atoms with Crippen molar-refractivity contribution in [2.75, 3.05) is 12.4 Å². The minimum absolute atomic E-state index is 0.232. The average molecular weight is 483 g/mol. The molecule has 0 unspecified atom stereocenters. The van der Waals surface area contributed by atoms with E-state index >= 15 is 0 Å². The number of carbonyl (C=O) groups is 1. The maximum Gasteiger partial charge on any atom is 0.250 e. The van der Waals surface area contributed by atoms with Gasteiger partial charge in [-0.25, -0.2) is 4.98 Å². The molecule has 0 bridgehead atoms. The van der Waals surface area contributed by atoms with Crippen molar-refractivity contribution < 1.29 is 13.9 Å². The van der Waals surface area contributed by atoms with Crippen molar-refractivity contribution in [3.63, 3.8) is 0 Å². The zero-order valence-corrected chi connectivity index (χ0v) is 21.2. The predicted molar refractivity (Wildman–Crippen MR) is 144 cm³/mol. The van der Waals surface area contributed by atoms with Gasteiger partial charge >= 0.3 is 0 Å². The molecule has 5 aromatic rings. The Morgan fingerprint density at radius 3 is 2.60 bits per heavy atom. The van der Waals surface area contributed by atoms with Gasteiger partial charge in [0, 0.05) is 28.2 Å². The van der Waals surface area contributed by atoms with E-state index in [4.69, 9.17) is 9.15 Å². The minimum atomic E-state index is -0.232. The quantitative estimate of drug-likeness (QED) is 0.261. The zero-order valence-electron chi connectivity index (χ0n) is 20.4. The first-order valence-corrected chi connectivity index (χ1v) is 12.2. The summed E-state index contributed by atoms with van der Waals surface area (Å²) in [7, 11) is 1.64. The number of hydrogen-bond donors (Lipinski definition) is 1. The van der Waals surface area contributed by atoms with Crippen molar-refractivity contribution in [3.05, 3.63) is 83.1 Å². The highest BCUT2D eigenvalue weighted by Gasteiger charge is 2.19. The number of nitrogens with zero attached hydrogens (tertiary/aromatic N) is 1. The fraction of sp³-hybridized carbons (Fsp3) is 0.172. The second-order valence-corrected chi connectivity index (χ2v) is 9.76. The normalized spacial score (nSPS) is 11.9. The van der Waals surface area contributed by atoms with Crippen LogP contribution in [0.25, 0.3) is 37.9 Å². The Bertz CT molecular complexity index is 1610. The third kappa shape index (κ3) is 4.21. The molecule has 0 spiro atoms. The second-order valence-electron chi connectivity index (χ2n) is 8.73. The molecule has 0 aliphatic heterocycles. The maximum absolute atomic E-state index is 12.9. The summed E-state index contributed by atoms with van der Waals surface area (Å²) < 4.78 is 12.7. The Morgan fingerprint density at radius 2 is 1.89 bits per heavy atom. The monoisotopic (exact) mass is 482 g/mol. The van der Waals surface area contributed by atoms with E-state index in [1.165, 1.54) is 16.9 Å². The number of aryl methyl sites for hydroxylation is 3. The molecular weight excluding hydrogens is 456 g/mol. The van der Waals surface area contributed by atoms with Crippen LogP contribution in [-0.2, 0) is 4.79 Å². The summed E-state index contributed by atoms with van der Waals surface area (Å²) in [5.41, 5.74) is 8.61. The average Bonchev–Trinajstić information content (AvgIpc) is 3.44. The number of rotatable bonds is 5. The van der Waals surface area contributed by atoms with Crippen LogP contribution in [0.3, 0.4) is 0 Å². The predicted octanol–water partition coefficient (Wildman–Crippen LogP) is 7.69. The molecule has 0 radical (unpaired) electrons. The van der Waals surface area contributed by atoms with Gasteiger partial charge in [0.2, 0.25) is 5.91 Å². The molecule has 1 amide bonds. The summed E-state index contributed by atoms with van der Waals surface area (Å²) >= 11 is 1.47. The summed E-state index contributed by atoms with van der Waals surface area (Å²) in [5, 5.41) is 4.48. The van der Waals surface area contributed by atoms with Gasteiger partial charge in [0.05, 0.1) is 23.6 Å². The molecule has 5 rings (SSSR count). The van der Waals surface area contributed by atoms with Gasteiger partial charge in [0.15, 0.2) is 5.13 Å². The van der Waals surface area contributed by atoms with Crippen LogP contribution in [0.5, 0.6) is 5.75 Å². The van der Waals surface area contributed by atoms with Gasteiger partial charge in [-0.1, -0.05) is 53.3 Å². The number of carbonyl (C=O) groups excluding carboxylic acids is 1. The van der Waals surface area contributed by atoms with Crippen LogP contribution in [0.4, 0.5) is 5.13 Å². The number of anilines is 1. The Morgan fingerprint density at radius 1 is 1.11 bits per heavy atom. The lowest BCUT2D eigenvalue weighted by Gasteiger charge is -2.13. The number of ether oxygens (including phenoxy) is 1. The third-order valence-corrected chi connectivity index (χ3v) is 7.17. The van der Waals surface area contributed by atoms with Crippen molar-refractivity contribution in [2.24, 2.45) is 0 Å². The van der Waals surface area contributed by atoms with E-state index in [0.29, 0.717) is 10.9 Å². The molecule has 0 aliphatic rings. The van der Waals surface area contributed by atoms with Crippen LogP contribution < -0.4 is 10.1 Å². The molecule has 1 N–H and O–H groups in total. The SMILES string of the molecule is COc1c(/C(C)=C/C(=O)Nc2nc3c(C)cccc3s2)cc2c(-c3ccc(C)cc3)coc2c1C. The van der Waals surface area contributed by atoms with Gasteiger partial charge in [-0.15, -0.1) is 0 Å². The van der Waals surface area contributed by atoms with Crippen molar-refractivity contribution in [1.82, 2.24) is 4.98 Å². The Hall–Kier alpha value is -3.90. The number of fused-ring (bicyclic) bond motifs is 2. The molecule has 2 heterocycles. The summed E-state index contributed by atoms with van der Waals surface area (Å²) in [6, 6.07) is 16.4. The largest absolute Gasteiger partial charge is 0.496 e. The van der Waals surface area contributed by atoms with Gasteiger partial charge in [-0.3, -0.25) is 10.1 Å². The lowest BCUT2D eigenvalue weighted by molar-refractivity contribution is -0.111. The highest BCUT2D eigenvalue weighted by Crippen LogP contribution is 2.40. The van der Waals surface area contributed by atoms with Crippen molar-refractivity contribution >= 4 is 49.1 Å². The van der Waals surface area contributed by atoms with Crippen molar-refractivity contribution in [1.29, 1.82) is 0 Å². The fourth-order valence-corrected chi connectivity index (χ4v) is 5.33. The number of benzene rings is 3. The van der Waals surface area contributed by atoms with Crippen molar-refractivity contribution in [2.45, 2.75) is 27.7 Å². The molecule has 2 aromatic heterocycles. The number of thiazole rings is 1. The lowest BCUT2D eigenvalue weighted by atomic mass is 9.96. The van der Waals surface area contributed by atoms with Crippen LogP contribution >= 0.6 is 11.3 Å². The molecule has 3 aromatic carbocycles. The lowest BCUT2D eigenvalue weighted by Crippen LogP contribution is -2.08. The topological polar surface area (TPSA) is 64.4 Å². The first-order valence-electron chi connectivity index (χ1n) is 11.4. The van der Waals surface area contributed by atoms with Crippen LogP contribution in [0.2, 0.25) is 0 Å². The van der Waals surface area contributed by atoms with E-state index in [2.05, 4.69) is 41.5 Å². The van der Waals surface area contributed by atoms with Crippen LogP contribution in [0.15, 0.2) is 65.3 Å². The number of hydrogen-bond acceptors (Lipinski definition) is 5. The Labute approximate surface area is 208 Å². The maximum atomic E-state index is 12.9. The van der Waals surface area contributed by atoms with E-state index in [9.17, 15) is 4.79 Å². The van der Waals surface area contributed by atoms with E-state index in [1.54, 1.807) is 19.4 Å². The molecule has 0 saturated carbocycles. The summed E-state index contributed by atoms with van der Waals surface area (Å²) in [6.45, 7) is 7.98. The van der Waals surface area contributed by atoms with Crippen LogP contribution in [-0.4, -0.2) is 18.0 Å². The number of nitrogens with one attached hydrogen (secondary N) is 1. The number of para-hydroxylation sites is 1. The van der Waals surface area contributed by atoms with Gasteiger partial charge < -0.3 is 9.15 Å². The van der Waals surface area contributed by atoms with Gasteiger partial charge in [0.1, 0.15) is 11.3 Å². The van der Waals surface area contributed by atoms with E-state index < -0.39 is 0 Å². The van der Waals surface area contributed by atoms with Crippen molar-refractivity contribution in [3.8, 4) is 16.9 Å². The smallest absolute Gasteiger partial charge is 0.250 e. The molecule has 0 aliphatic carbocycles. The first-order chi connectivity index (χ1) is 16.9. The van der Waals surface area contributed by atoms with Crippen LogP contribution in [0.1, 0.15) is 29.2 Å². The Balaban J connectivity index is 1.52. The molecule has 35 heavy (non-hydrogen) atoms. The standard InChI is InChI=1S/C29H26N2O3S/c1-16-9-11-20(12-10-16)23-15-34-28-19(4)27(33-5)21(14-22(23)28)18(3)13-25(32)30-29-31-26-17(2)7-6-8-24(26)35-29/h6-15H,1-5H3,(H,30,31,32)/b18-13+. The van der Waals surface area contributed by atoms with E-state index in [1.807, 2.05) is 45.0 Å². The second kappa shape index (κ2) is 9.04. The third-order valence-electron chi connectivity index (χ3n) is 6.23. The highest BCUT2D eigenvalue weighted by molar-refractivity contribution is 7.22. The zero-order chi connectivity index (χ0) is 24.7. The van der Waals surface area contributed by atoms with E-state index in [-0.39, 0.29) is 5.91 Å². The number of amides is 1. The summed E-state index contributed by atoms with van der Waals surface area (Å²) in [5.74, 6) is 0.462. The molecule has 0 saturated heterocycles. The number of allylic oxidation sites excluding steroid dienone is 1. The molecule has 176 valence electrons. The number of methoxy groups -OCH3 is 1. The van der Waals surface area contributed by atoms with Gasteiger partial charge in [0.25, 0.3) is 0 Å². The first kappa shape index (κ1) is 22.9. The summed E-state index contributed by atoms with van der Waals surface area (Å²) in [4.78, 5) is 17.5. The van der Waals surface area contributed by atoms with E-state index in [0.717, 1.165) is 54.6 Å². The minimum Gasteiger partial charge on any atom is -0.496 e. The van der Waals surface area contributed by atoms with Gasteiger partial charge in [-0.05, 0) is 56.5 Å². The fourth-order valence-electron chi connectivity index (χ4n) is 4.38. The molecule has 5 nitrogen and oxygen atoms in total. The summed E-state index contributed by atoms with van der Waals surface area (Å²) in [6.07, 6.45) is 3.38. The van der Waals surface area contributed by atoms with Crippen LogP contribution in [0, 0.1) is 20.8 Å². The Kier molecular flexibility index (Phi) is 5.91. The number of furan rings is 1. The molecule has 0 fully saturated rings. The van der Waals surface area contributed by atoms with Gasteiger partial charge in [-0.2, -0.15) is 0 Å². The molecule has 0 atom stereocenters. The highest BCUT2D eigenvalue weighted by atomic mass is 32.1. The number of aromatic nitrogens is 1. The molecular formula is C29H26N2O3S. The molecule has 6 heteroatoms.